The number of hydrogen-bond acceptors (Lipinski definition) is 6. The number of pyridine rings is 1. The molecule has 0 aliphatic carbocycles. The molecule has 0 fully saturated rings. The Bertz CT molecular complexity index is 939. The van der Waals surface area contributed by atoms with Crippen LogP contribution in [-0.2, 0) is 16.1 Å². The minimum atomic E-state index is -4.74. The third kappa shape index (κ3) is 4.72. The highest BCUT2D eigenvalue weighted by Crippen LogP contribution is 2.26. The van der Waals surface area contributed by atoms with E-state index in [2.05, 4.69) is 20.0 Å². The molecule has 0 aliphatic heterocycles. The molecular weight excluding hydrogens is 365 g/mol. The van der Waals surface area contributed by atoms with Gasteiger partial charge in [0.25, 0.3) is 0 Å². The Morgan fingerprint density at radius 1 is 1.15 bits per heavy atom. The zero-order valence-electron chi connectivity index (χ0n) is 14.2. The van der Waals surface area contributed by atoms with E-state index in [1.807, 2.05) is 0 Å². The van der Waals surface area contributed by atoms with Crippen LogP contribution in [0.15, 0.2) is 36.4 Å². The molecule has 2 aromatic heterocycles. The van der Waals surface area contributed by atoms with Gasteiger partial charge in [-0.2, -0.15) is 0 Å². The summed E-state index contributed by atoms with van der Waals surface area (Å²) in [5.41, 5.74) is 2.14. The molecule has 0 bridgehead atoms. The van der Waals surface area contributed by atoms with Gasteiger partial charge in [0, 0.05) is 5.56 Å². The van der Waals surface area contributed by atoms with E-state index in [-0.39, 0.29) is 24.7 Å². The maximum absolute atomic E-state index is 12.2. The van der Waals surface area contributed by atoms with Crippen molar-refractivity contribution in [3.8, 4) is 17.0 Å². The molecule has 0 saturated heterocycles. The highest BCUT2D eigenvalue weighted by atomic mass is 19.4. The first-order valence-corrected chi connectivity index (χ1v) is 8.08. The van der Waals surface area contributed by atoms with Gasteiger partial charge in [-0.05, 0) is 43.3 Å². The van der Waals surface area contributed by atoms with Gasteiger partial charge in [-0.25, -0.2) is 9.67 Å². The molecule has 142 valence electrons. The number of benzene rings is 1. The quantitative estimate of drug-likeness (QED) is 0.611. The van der Waals surface area contributed by atoms with Crippen LogP contribution in [0.4, 0.5) is 13.2 Å². The summed E-state index contributed by atoms with van der Waals surface area (Å²) in [6.45, 7) is 2.28. The molecule has 0 unspecified atom stereocenters. The van der Waals surface area contributed by atoms with Crippen molar-refractivity contribution < 1.29 is 27.4 Å². The van der Waals surface area contributed by atoms with Crippen molar-refractivity contribution in [3.63, 3.8) is 0 Å². The second-order valence-electron chi connectivity index (χ2n) is 5.48. The fourth-order valence-electron chi connectivity index (χ4n) is 2.42. The van der Waals surface area contributed by atoms with Gasteiger partial charge in [-0.15, -0.1) is 18.3 Å². The van der Waals surface area contributed by atoms with Crippen molar-refractivity contribution in [2.75, 3.05) is 6.61 Å². The third-order valence-corrected chi connectivity index (χ3v) is 3.58. The summed E-state index contributed by atoms with van der Waals surface area (Å²) < 4.78 is 46.9. The smallest absolute Gasteiger partial charge is 0.466 e. The van der Waals surface area contributed by atoms with Crippen molar-refractivity contribution in [1.82, 2.24) is 20.0 Å². The van der Waals surface area contributed by atoms with Crippen LogP contribution < -0.4 is 4.74 Å². The second-order valence-corrected chi connectivity index (χ2v) is 5.48. The van der Waals surface area contributed by atoms with E-state index in [0.29, 0.717) is 29.0 Å². The largest absolute Gasteiger partial charge is 0.573 e. The van der Waals surface area contributed by atoms with Gasteiger partial charge in [0.15, 0.2) is 5.65 Å². The topological polar surface area (TPSA) is 79.1 Å². The molecule has 0 radical (unpaired) electrons. The number of nitrogens with zero attached hydrogens (tertiary/aromatic N) is 4. The lowest BCUT2D eigenvalue weighted by atomic mass is 10.1. The predicted octanol–water partition coefficient (Wildman–Crippen LogP) is 3.35. The van der Waals surface area contributed by atoms with Crippen LogP contribution >= 0.6 is 0 Å². The van der Waals surface area contributed by atoms with Gasteiger partial charge in [-0.1, -0.05) is 5.21 Å². The molecule has 0 atom stereocenters. The van der Waals surface area contributed by atoms with Gasteiger partial charge in [-0.3, -0.25) is 4.79 Å². The lowest BCUT2D eigenvalue weighted by molar-refractivity contribution is -0.274. The van der Waals surface area contributed by atoms with Crippen molar-refractivity contribution in [2.45, 2.75) is 26.3 Å². The number of esters is 1. The molecule has 0 spiro atoms. The number of halogens is 3. The molecule has 0 N–H and O–H groups in total. The Hall–Kier alpha value is -3.17. The highest BCUT2D eigenvalue weighted by Gasteiger charge is 2.31. The molecule has 3 aromatic rings. The predicted molar refractivity (Wildman–Crippen MR) is 88.7 cm³/mol. The number of hydrogen-bond donors (Lipinski definition) is 0. The summed E-state index contributed by atoms with van der Waals surface area (Å²) >= 11 is 0. The van der Waals surface area contributed by atoms with Gasteiger partial charge >= 0.3 is 12.3 Å². The second kappa shape index (κ2) is 7.60. The molecule has 10 heteroatoms. The maximum Gasteiger partial charge on any atom is 0.573 e. The number of aryl methyl sites for hydroxylation is 1. The number of carbonyl (C=O) groups excluding carboxylic acids is 1. The highest BCUT2D eigenvalue weighted by molar-refractivity contribution is 5.75. The zero-order chi connectivity index (χ0) is 19.4. The molecule has 0 aliphatic rings. The van der Waals surface area contributed by atoms with E-state index in [9.17, 15) is 18.0 Å². The molecule has 7 nitrogen and oxygen atoms in total. The van der Waals surface area contributed by atoms with Crippen LogP contribution in [-0.4, -0.2) is 38.9 Å². The van der Waals surface area contributed by atoms with E-state index in [4.69, 9.17) is 4.74 Å². The van der Waals surface area contributed by atoms with E-state index < -0.39 is 6.36 Å². The Morgan fingerprint density at radius 2 is 1.89 bits per heavy atom. The molecule has 3 rings (SSSR count). The van der Waals surface area contributed by atoms with Gasteiger partial charge in [0.05, 0.1) is 25.3 Å². The van der Waals surface area contributed by atoms with Crippen LogP contribution in [0, 0.1) is 0 Å². The van der Waals surface area contributed by atoms with Crippen molar-refractivity contribution >= 4 is 17.1 Å². The van der Waals surface area contributed by atoms with Crippen LogP contribution in [0.3, 0.4) is 0 Å². The number of alkyl halides is 3. The average molecular weight is 380 g/mol. The maximum atomic E-state index is 12.2. The van der Waals surface area contributed by atoms with Gasteiger partial charge in [0.1, 0.15) is 11.3 Å². The number of aromatic nitrogens is 4. The Labute approximate surface area is 151 Å². The summed E-state index contributed by atoms with van der Waals surface area (Å²) in [4.78, 5) is 16.0. The van der Waals surface area contributed by atoms with Crippen molar-refractivity contribution in [2.24, 2.45) is 0 Å². The van der Waals surface area contributed by atoms with Crippen LogP contribution in [0.1, 0.15) is 13.3 Å². The normalized spacial score (nSPS) is 11.6. The van der Waals surface area contributed by atoms with E-state index in [0.717, 1.165) is 0 Å². The molecule has 27 heavy (non-hydrogen) atoms. The summed E-state index contributed by atoms with van der Waals surface area (Å²) in [7, 11) is 0. The fraction of sp³-hybridized carbons (Fsp3) is 0.294. The Morgan fingerprint density at radius 3 is 2.56 bits per heavy atom. The minimum Gasteiger partial charge on any atom is -0.466 e. The first kappa shape index (κ1) is 18.6. The fourth-order valence-corrected chi connectivity index (χ4v) is 2.42. The Balaban J connectivity index is 1.81. The van der Waals surface area contributed by atoms with Crippen LogP contribution in [0.25, 0.3) is 22.4 Å². The lowest BCUT2D eigenvalue weighted by Gasteiger charge is -2.09. The van der Waals surface area contributed by atoms with Crippen LogP contribution in [0.5, 0.6) is 5.75 Å². The number of ether oxygens (including phenoxy) is 2. The zero-order valence-corrected chi connectivity index (χ0v) is 14.2. The standard InChI is InChI=1S/C17H15F3N4O3/c1-2-26-15(25)9-10-24-16-14(22-23-24)8-7-13(21-16)11-3-5-12(6-4-11)27-17(18,19)20/h3-8H,2,9-10H2,1H3. The third-order valence-electron chi connectivity index (χ3n) is 3.58. The van der Waals surface area contributed by atoms with Gasteiger partial charge < -0.3 is 9.47 Å². The number of rotatable bonds is 6. The summed E-state index contributed by atoms with van der Waals surface area (Å²) in [6, 6.07) is 8.76. The van der Waals surface area contributed by atoms with Gasteiger partial charge in [0.2, 0.25) is 0 Å². The van der Waals surface area contributed by atoms with Crippen molar-refractivity contribution in [3.05, 3.63) is 36.4 Å². The molecule has 0 saturated carbocycles. The number of fused-ring (bicyclic) bond motifs is 1. The average Bonchev–Trinajstić information content (AvgIpc) is 3.02. The summed E-state index contributed by atoms with van der Waals surface area (Å²) in [6.07, 6.45) is -4.61. The van der Waals surface area contributed by atoms with E-state index in [1.54, 1.807) is 19.1 Å². The summed E-state index contributed by atoms with van der Waals surface area (Å²) in [5, 5.41) is 7.95. The molecule has 0 amide bonds. The Kier molecular flexibility index (Phi) is 5.24. The van der Waals surface area contributed by atoms with Crippen molar-refractivity contribution in [1.29, 1.82) is 0 Å². The van der Waals surface area contributed by atoms with E-state index in [1.165, 1.54) is 28.9 Å². The summed E-state index contributed by atoms with van der Waals surface area (Å²) in [5.74, 6) is -0.661. The monoisotopic (exact) mass is 380 g/mol. The molecule has 2 heterocycles. The lowest BCUT2D eigenvalue weighted by Crippen LogP contribution is -2.16. The van der Waals surface area contributed by atoms with E-state index >= 15 is 0 Å². The first-order valence-electron chi connectivity index (χ1n) is 8.08. The first-order chi connectivity index (χ1) is 12.9. The number of carbonyl (C=O) groups is 1. The molecule has 1 aromatic carbocycles. The molecular formula is C17H15F3N4O3. The SMILES string of the molecule is CCOC(=O)CCn1nnc2ccc(-c3ccc(OC(F)(F)F)cc3)nc21. The van der Waals surface area contributed by atoms with Crippen LogP contribution in [0.2, 0.25) is 0 Å². The minimum absolute atomic E-state index is 0.127.